The van der Waals surface area contributed by atoms with Gasteiger partial charge in [0.15, 0.2) is 5.70 Å². The van der Waals surface area contributed by atoms with Crippen molar-refractivity contribution in [2.75, 3.05) is 7.11 Å². The van der Waals surface area contributed by atoms with Crippen molar-refractivity contribution in [1.29, 1.82) is 0 Å². The summed E-state index contributed by atoms with van der Waals surface area (Å²) in [5.74, 6) is -0.616. The number of esters is 1. The molecule has 0 saturated heterocycles. The fourth-order valence-electron chi connectivity index (χ4n) is 0.522. The molecule has 0 heterocycles. The quantitative estimate of drug-likeness (QED) is 0.262. The summed E-state index contributed by atoms with van der Waals surface area (Å²) in [6.45, 7) is 1.82. The number of carbonyl (C=O) groups is 1. The molecule has 4 nitrogen and oxygen atoms in total. The fourth-order valence-corrected chi connectivity index (χ4v) is 0.522. The molecule has 0 bridgehead atoms. The van der Waals surface area contributed by atoms with Gasteiger partial charge in [0.1, 0.15) is 0 Å². The summed E-state index contributed by atoms with van der Waals surface area (Å²) in [6, 6.07) is 0. The molecule has 4 heteroatoms. The first-order chi connectivity index (χ1) is 5.26. The monoisotopic (exact) mass is 155 g/mol. The van der Waals surface area contributed by atoms with Crippen molar-refractivity contribution >= 4 is 12.0 Å². The zero-order chi connectivity index (χ0) is 8.69. The summed E-state index contributed by atoms with van der Waals surface area (Å²) < 4.78 is 4.34. The van der Waals surface area contributed by atoms with E-state index in [0.29, 0.717) is 6.42 Å². The zero-order valence-electron chi connectivity index (χ0n) is 6.46. The summed E-state index contributed by atoms with van der Waals surface area (Å²) in [4.78, 5) is 23.7. The number of carbonyl (C=O) groups excluding carboxylic acids is 2. The molecule has 0 unspecified atom stereocenters. The number of allylic oxidation sites excluding steroid dienone is 1. The van der Waals surface area contributed by atoms with Crippen LogP contribution in [0, 0.1) is 0 Å². The topological polar surface area (TPSA) is 55.7 Å². The van der Waals surface area contributed by atoms with Gasteiger partial charge in [0.2, 0.25) is 6.08 Å². The van der Waals surface area contributed by atoms with Crippen LogP contribution < -0.4 is 0 Å². The van der Waals surface area contributed by atoms with E-state index in [0.717, 1.165) is 0 Å². The SMILES string of the molecule is CCC=C(N=C=O)C(=O)OC. The lowest BCUT2D eigenvalue weighted by molar-refractivity contribution is -0.136. The Kier molecular flexibility index (Phi) is 4.69. The molecular weight excluding hydrogens is 146 g/mol. The van der Waals surface area contributed by atoms with Crippen molar-refractivity contribution in [1.82, 2.24) is 0 Å². The van der Waals surface area contributed by atoms with Crippen molar-refractivity contribution in [2.24, 2.45) is 4.99 Å². The van der Waals surface area contributed by atoms with E-state index in [9.17, 15) is 9.59 Å². The Balaban J connectivity index is 4.46. The van der Waals surface area contributed by atoms with Gasteiger partial charge in [-0.05, 0) is 6.42 Å². The second-order valence-corrected chi connectivity index (χ2v) is 1.69. The third-order valence-corrected chi connectivity index (χ3v) is 0.958. The summed E-state index contributed by atoms with van der Waals surface area (Å²) in [6.07, 6.45) is 3.39. The average Bonchev–Trinajstić information content (AvgIpc) is 2.03. The Morgan fingerprint density at radius 3 is 2.73 bits per heavy atom. The molecule has 0 aromatic rings. The molecule has 0 amide bonds. The van der Waals surface area contributed by atoms with Crippen LogP contribution in [-0.4, -0.2) is 19.2 Å². The fraction of sp³-hybridized carbons (Fsp3) is 0.429. The number of ether oxygens (including phenoxy) is 1. The van der Waals surface area contributed by atoms with Gasteiger partial charge in [-0.1, -0.05) is 13.0 Å². The maximum Gasteiger partial charge on any atom is 0.357 e. The van der Waals surface area contributed by atoms with Crippen LogP contribution in [0.5, 0.6) is 0 Å². The van der Waals surface area contributed by atoms with Gasteiger partial charge in [-0.15, -0.1) is 0 Å². The van der Waals surface area contributed by atoms with E-state index in [1.807, 2.05) is 6.92 Å². The van der Waals surface area contributed by atoms with Crippen LogP contribution in [0.15, 0.2) is 16.8 Å². The van der Waals surface area contributed by atoms with E-state index >= 15 is 0 Å². The van der Waals surface area contributed by atoms with Gasteiger partial charge in [0.25, 0.3) is 0 Å². The predicted octanol–water partition coefficient (Wildman–Crippen LogP) is 0.789. The summed E-state index contributed by atoms with van der Waals surface area (Å²) in [7, 11) is 1.23. The van der Waals surface area contributed by atoms with E-state index in [1.54, 1.807) is 0 Å². The molecule has 0 spiro atoms. The minimum atomic E-state index is -0.616. The molecule has 0 N–H and O–H groups in total. The standard InChI is InChI=1S/C7H9NO3/c1-3-4-6(8-5-9)7(10)11-2/h4H,3H2,1-2H3. The highest BCUT2D eigenvalue weighted by atomic mass is 16.5. The molecule has 0 atom stereocenters. The van der Waals surface area contributed by atoms with Gasteiger partial charge >= 0.3 is 5.97 Å². The first-order valence-electron chi connectivity index (χ1n) is 3.12. The predicted molar refractivity (Wildman–Crippen MR) is 38.5 cm³/mol. The van der Waals surface area contributed by atoms with Crippen LogP contribution in [0.25, 0.3) is 0 Å². The summed E-state index contributed by atoms with van der Waals surface area (Å²) in [5.41, 5.74) is 0.00463. The highest BCUT2D eigenvalue weighted by Crippen LogP contribution is 1.99. The average molecular weight is 155 g/mol. The molecule has 60 valence electrons. The van der Waals surface area contributed by atoms with E-state index < -0.39 is 5.97 Å². The maximum atomic E-state index is 10.7. The van der Waals surface area contributed by atoms with Gasteiger partial charge in [-0.3, -0.25) is 0 Å². The van der Waals surface area contributed by atoms with Crippen LogP contribution in [-0.2, 0) is 14.3 Å². The molecule has 0 aromatic carbocycles. The molecular formula is C7H9NO3. The van der Waals surface area contributed by atoms with E-state index in [4.69, 9.17) is 0 Å². The smallest absolute Gasteiger partial charge is 0.357 e. The molecule has 11 heavy (non-hydrogen) atoms. The number of methoxy groups -OCH3 is 1. The van der Waals surface area contributed by atoms with Gasteiger partial charge in [0, 0.05) is 0 Å². The Morgan fingerprint density at radius 1 is 1.73 bits per heavy atom. The lowest BCUT2D eigenvalue weighted by Crippen LogP contribution is -2.02. The van der Waals surface area contributed by atoms with Crippen molar-refractivity contribution in [2.45, 2.75) is 13.3 Å². The number of rotatable bonds is 3. The van der Waals surface area contributed by atoms with Crippen molar-refractivity contribution in [3.05, 3.63) is 11.8 Å². The number of hydrogen-bond donors (Lipinski definition) is 0. The number of isocyanates is 1. The molecule has 0 saturated carbocycles. The second-order valence-electron chi connectivity index (χ2n) is 1.69. The van der Waals surface area contributed by atoms with Crippen molar-refractivity contribution < 1.29 is 14.3 Å². The highest BCUT2D eigenvalue weighted by molar-refractivity contribution is 5.88. The van der Waals surface area contributed by atoms with Crippen LogP contribution in [0.3, 0.4) is 0 Å². The summed E-state index contributed by atoms with van der Waals surface area (Å²) >= 11 is 0. The van der Waals surface area contributed by atoms with Crippen molar-refractivity contribution in [3.63, 3.8) is 0 Å². The Bertz CT molecular complexity index is 214. The maximum absolute atomic E-state index is 10.7. The van der Waals surface area contributed by atoms with Gasteiger partial charge < -0.3 is 4.74 Å². The Hall–Kier alpha value is -1.41. The van der Waals surface area contributed by atoms with Gasteiger partial charge in [-0.25, -0.2) is 9.59 Å². The Labute approximate surface area is 64.6 Å². The second kappa shape index (κ2) is 5.38. The highest BCUT2D eigenvalue weighted by Gasteiger charge is 2.05. The molecule has 0 aliphatic carbocycles. The third-order valence-electron chi connectivity index (χ3n) is 0.958. The summed E-state index contributed by atoms with van der Waals surface area (Å²) in [5, 5.41) is 0. The van der Waals surface area contributed by atoms with Crippen LogP contribution in [0.2, 0.25) is 0 Å². The molecule has 0 radical (unpaired) electrons. The van der Waals surface area contributed by atoms with Crippen molar-refractivity contribution in [3.8, 4) is 0 Å². The minimum Gasteiger partial charge on any atom is -0.464 e. The van der Waals surface area contributed by atoms with E-state index in [2.05, 4.69) is 9.73 Å². The van der Waals surface area contributed by atoms with E-state index in [-0.39, 0.29) is 5.70 Å². The Morgan fingerprint density at radius 2 is 2.36 bits per heavy atom. The number of aliphatic imine (C=N–C) groups is 1. The lowest BCUT2D eigenvalue weighted by Gasteiger charge is -1.94. The molecule has 0 aliphatic rings. The van der Waals surface area contributed by atoms with Crippen LogP contribution in [0.4, 0.5) is 0 Å². The van der Waals surface area contributed by atoms with Gasteiger partial charge in [-0.2, -0.15) is 4.99 Å². The molecule has 0 aromatic heterocycles. The first-order valence-corrected chi connectivity index (χ1v) is 3.12. The van der Waals surface area contributed by atoms with Gasteiger partial charge in [0.05, 0.1) is 7.11 Å². The van der Waals surface area contributed by atoms with Crippen LogP contribution >= 0.6 is 0 Å². The largest absolute Gasteiger partial charge is 0.464 e. The minimum absolute atomic E-state index is 0.00463. The van der Waals surface area contributed by atoms with Crippen LogP contribution in [0.1, 0.15) is 13.3 Å². The molecule has 0 rings (SSSR count). The molecule has 0 fully saturated rings. The molecule has 0 aliphatic heterocycles. The normalized spacial score (nSPS) is 10.2. The third kappa shape index (κ3) is 3.33. The van der Waals surface area contributed by atoms with E-state index in [1.165, 1.54) is 19.3 Å². The zero-order valence-corrected chi connectivity index (χ0v) is 6.46. The number of nitrogens with zero attached hydrogens (tertiary/aromatic N) is 1. The lowest BCUT2D eigenvalue weighted by atomic mass is 10.3. The number of hydrogen-bond acceptors (Lipinski definition) is 4. The first kappa shape index (κ1) is 9.59.